The highest BCUT2D eigenvalue weighted by atomic mass is 35.5. The van der Waals surface area contributed by atoms with E-state index in [9.17, 15) is 10.1 Å². The molecule has 0 aromatic heterocycles. The molecule has 1 aromatic carbocycles. The normalized spacial score (nSPS) is 23.7. The van der Waals surface area contributed by atoms with E-state index in [1.807, 2.05) is 5.01 Å². The van der Waals surface area contributed by atoms with Crippen LogP contribution in [0, 0.1) is 11.3 Å². The van der Waals surface area contributed by atoms with E-state index in [4.69, 9.17) is 33.7 Å². The second-order valence-electron chi connectivity index (χ2n) is 7.02. The van der Waals surface area contributed by atoms with E-state index in [0.29, 0.717) is 65.3 Å². The lowest BCUT2D eigenvalue weighted by molar-refractivity contribution is -0.117. The molecule has 2 heterocycles. The number of hydrazine groups is 1. The Balaban J connectivity index is 1.91. The number of allylic oxidation sites excluding steroid dienone is 3. The summed E-state index contributed by atoms with van der Waals surface area (Å²) < 4.78 is 5.45. The molecule has 1 aromatic rings. The van der Waals surface area contributed by atoms with Gasteiger partial charge in [-0.05, 0) is 30.5 Å². The van der Waals surface area contributed by atoms with Crippen LogP contribution in [-0.4, -0.2) is 42.1 Å². The van der Waals surface area contributed by atoms with Crippen LogP contribution in [0.4, 0.5) is 0 Å². The average Bonchev–Trinajstić information content (AvgIpc) is 2.68. The van der Waals surface area contributed by atoms with Gasteiger partial charge in [0, 0.05) is 40.8 Å². The maximum Gasteiger partial charge on any atom is 0.161 e. The van der Waals surface area contributed by atoms with Gasteiger partial charge in [-0.3, -0.25) is 9.80 Å². The Hall–Kier alpha value is -2.04. The minimum Gasteiger partial charge on any atom is -0.383 e. The number of ketones is 1. The molecule has 1 saturated heterocycles. The first kappa shape index (κ1) is 19.3. The molecule has 0 spiro atoms. The van der Waals surface area contributed by atoms with Crippen molar-refractivity contribution in [2.24, 2.45) is 5.73 Å². The zero-order valence-electron chi connectivity index (χ0n) is 15.3. The molecule has 0 unspecified atom stereocenters. The molecule has 28 heavy (non-hydrogen) atoms. The molecule has 0 amide bonds. The number of ether oxygens (including phenoxy) is 1. The number of rotatable bonds is 2. The Kier molecular flexibility index (Phi) is 5.35. The van der Waals surface area contributed by atoms with E-state index in [1.165, 1.54) is 0 Å². The quantitative estimate of drug-likeness (QED) is 0.792. The predicted octanol–water partition coefficient (Wildman–Crippen LogP) is 3.34. The second kappa shape index (κ2) is 7.76. The van der Waals surface area contributed by atoms with E-state index in [1.54, 1.807) is 18.2 Å². The first-order chi connectivity index (χ1) is 13.5. The number of nitrogens with two attached hydrogens (primary N) is 1. The van der Waals surface area contributed by atoms with Crippen molar-refractivity contribution in [3.05, 3.63) is 56.5 Å². The van der Waals surface area contributed by atoms with Crippen molar-refractivity contribution in [3.63, 3.8) is 0 Å². The fraction of sp³-hybridized carbons (Fsp3) is 0.400. The third-order valence-electron chi connectivity index (χ3n) is 5.43. The van der Waals surface area contributed by atoms with Gasteiger partial charge in [-0.1, -0.05) is 29.3 Å². The highest BCUT2D eigenvalue weighted by Gasteiger charge is 2.42. The van der Waals surface area contributed by atoms with Crippen molar-refractivity contribution in [2.75, 3.05) is 26.3 Å². The van der Waals surface area contributed by atoms with Gasteiger partial charge in [-0.2, -0.15) is 5.26 Å². The summed E-state index contributed by atoms with van der Waals surface area (Å²) in [5.41, 5.74) is 9.01. The Morgan fingerprint density at radius 1 is 1.21 bits per heavy atom. The van der Waals surface area contributed by atoms with Crippen LogP contribution >= 0.6 is 23.2 Å². The first-order valence-corrected chi connectivity index (χ1v) is 10.0. The number of nitrogens with zero attached hydrogens (tertiary/aromatic N) is 3. The lowest BCUT2D eigenvalue weighted by atomic mass is 9.76. The summed E-state index contributed by atoms with van der Waals surface area (Å²) in [6.45, 7) is 2.46. The zero-order valence-corrected chi connectivity index (χ0v) is 16.8. The first-order valence-electron chi connectivity index (χ1n) is 9.26. The van der Waals surface area contributed by atoms with Crippen molar-refractivity contribution in [3.8, 4) is 6.07 Å². The van der Waals surface area contributed by atoms with Crippen LogP contribution in [0.5, 0.6) is 0 Å². The van der Waals surface area contributed by atoms with E-state index in [0.717, 1.165) is 18.5 Å². The molecule has 0 radical (unpaired) electrons. The topological polar surface area (TPSA) is 82.6 Å². The zero-order chi connectivity index (χ0) is 19.8. The van der Waals surface area contributed by atoms with Crippen LogP contribution in [0.25, 0.3) is 0 Å². The smallest absolute Gasteiger partial charge is 0.161 e. The number of nitriles is 1. The van der Waals surface area contributed by atoms with Crippen molar-refractivity contribution < 1.29 is 9.53 Å². The molecule has 2 N–H and O–H groups in total. The fourth-order valence-electron chi connectivity index (χ4n) is 4.19. The fourth-order valence-corrected chi connectivity index (χ4v) is 4.71. The van der Waals surface area contributed by atoms with Gasteiger partial charge in [-0.15, -0.1) is 0 Å². The summed E-state index contributed by atoms with van der Waals surface area (Å²) in [5.74, 6) is -0.181. The molecular formula is C20H20Cl2N4O2. The molecule has 1 atom stereocenters. The van der Waals surface area contributed by atoms with Gasteiger partial charge < -0.3 is 10.5 Å². The summed E-state index contributed by atoms with van der Waals surface area (Å²) in [7, 11) is 0. The van der Waals surface area contributed by atoms with Crippen molar-refractivity contribution in [1.82, 2.24) is 10.0 Å². The molecule has 1 fully saturated rings. The monoisotopic (exact) mass is 418 g/mol. The minimum atomic E-state index is -0.574. The number of morpholine rings is 1. The van der Waals surface area contributed by atoms with Gasteiger partial charge in [0.05, 0.1) is 30.8 Å². The molecule has 0 bridgehead atoms. The molecule has 4 rings (SSSR count). The molecule has 3 aliphatic rings. The van der Waals surface area contributed by atoms with Crippen molar-refractivity contribution in [1.29, 1.82) is 5.26 Å². The van der Waals surface area contributed by atoms with E-state index < -0.39 is 5.92 Å². The third-order valence-corrected chi connectivity index (χ3v) is 5.99. The van der Waals surface area contributed by atoms with E-state index >= 15 is 0 Å². The molecule has 146 valence electrons. The number of hydrogen-bond acceptors (Lipinski definition) is 6. The summed E-state index contributed by atoms with van der Waals surface area (Å²) in [6.07, 6.45) is 1.93. The van der Waals surface area contributed by atoms with E-state index in [2.05, 4.69) is 11.1 Å². The van der Waals surface area contributed by atoms with Crippen LogP contribution in [0.3, 0.4) is 0 Å². The maximum absolute atomic E-state index is 13.0. The Labute approximate surface area is 173 Å². The van der Waals surface area contributed by atoms with Crippen LogP contribution < -0.4 is 5.73 Å². The number of benzene rings is 1. The number of carbonyl (C=O) groups excluding carboxylic acids is 1. The van der Waals surface area contributed by atoms with Gasteiger partial charge in [-0.25, -0.2) is 5.01 Å². The maximum atomic E-state index is 13.0. The molecular weight excluding hydrogens is 399 g/mol. The van der Waals surface area contributed by atoms with Gasteiger partial charge in [0.2, 0.25) is 0 Å². The average molecular weight is 419 g/mol. The van der Waals surface area contributed by atoms with Crippen LogP contribution in [-0.2, 0) is 9.53 Å². The second-order valence-corrected chi connectivity index (χ2v) is 7.87. The summed E-state index contributed by atoms with van der Waals surface area (Å²) in [5, 5.41) is 14.8. The highest BCUT2D eigenvalue weighted by Crippen LogP contribution is 2.47. The predicted molar refractivity (Wildman–Crippen MR) is 106 cm³/mol. The Morgan fingerprint density at radius 3 is 2.64 bits per heavy atom. The largest absolute Gasteiger partial charge is 0.383 e. The molecule has 1 aliphatic carbocycles. The Morgan fingerprint density at radius 2 is 1.96 bits per heavy atom. The lowest BCUT2D eigenvalue weighted by Gasteiger charge is -2.45. The standard InChI is InChI=1S/C20H20Cl2N4O2/c21-12-4-5-13(15(22)10-12)18-14(11-23)20(24)26(25-6-8-28-9-7-25)16-2-1-3-17(27)19(16)18/h4-5,10,18H,1-3,6-9,24H2/t18-/m1/s1. The summed E-state index contributed by atoms with van der Waals surface area (Å²) >= 11 is 12.5. The summed E-state index contributed by atoms with van der Waals surface area (Å²) in [4.78, 5) is 13.0. The molecule has 8 heteroatoms. The minimum absolute atomic E-state index is 0.0378. The highest BCUT2D eigenvalue weighted by molar-refractivity contribution is 6.35. The van der Waals surface area contributed by atoms with Crippen molar-refractivity contribution in [2.45, 2.75) is 25.2 Å². The number of Topliss-reactive ketones (excluding diaryl/α,β-unsaturated/α-hetero) is 1. The van der Waals surface area contributed by atoms with Crippen LogP contribution in [0.2, 0.25) is 10.0 Å². The van der Waals surface area contributed by atoms with Crippen LogP contribution in [0.1, 0.15) is 30.7 Å². The number of hydrogen-bond donors (Lipinski definition) is 1. The molecule has 0 saturated carbocycles. The summed E-state index contributed by atoms with van der Waals surface area (Å²) in [6, 6.07) is 7.37. The molecule has 2 aliphatic heterocycles. The van der Waals surface area contributed by atoms with Gasteiger partial charge in [0.15, 0.2) is 5.78 Å². The number of halogens is 2. The number of carbonyl (C=O) groups is 1. The van der Waals surface area contributed by atoms with Crippen LogP contribution in [0.15, 0.2) is 40.9 Å². The van der Waals surface area contributed by atoms with Gasteiger partial charge >= 0.3 is 0 Å². The van der Waals surface area contributed by atoms with E-state index in [-0.39, 0.29) is 5.78 Å². The van der Waals surface area contributed by atoms with Crippen molar-refractivity contribution >= 4 is 29.0 Å². The third kappa shape index (κ3) is 3.19. The molecule has 6 nitrogen and oxygen atoms in total. The lowest BCUT2D eigenvalue weighted by Crippen LogP contribution is -2.52. The van der Waals surface area contributed by atoms with Gasteiger partial charge in [0.25, 0.3) is 0 Å². The Bertz CT molecular complexity index is 929. The SMILES string of the molecule is N#CC1=C(N)N(N2CCOCC2)C2=C(C(=O)CCC2)[C@@H]1c1ccc(Cl)cc1Cl. The van der Waals surface area contributed by atoms with Gasteiger partial charge in [0.1, 0.15) is 5.82 Å².